The Morgan fingerprint density at radius 1 is 1.27 bits per heavy atom. The second kappa shape index (κ2) is 7.50. The van der Waals surface area contributed by atoms with Crippen LogP contribution in [0.1, 0.15) is 49.0 Å². The van der Waals surface area contributed by atoms with Gasteiger partial charge in [-0.1, -0.05) is 37.8 Å². The van der Waals surface area contributed by atoms with Crippen molar-refractivity contribution in [1.82, 2.24) is 14.7 Å². The first-order valence-electron chi connectivity index (χ1n) is 9.16. The number of hydrogen-bond acceptors (Lipinski definition) is 4. The van der Waals surface area contributed by atoms with Crippen LogP contribution in [0.4, 0.5) is 0 Å². The highest BCUT2D eigenvalue weighted by Crippen LogP contribution is 2.26. The molecule has 26 heavy (non-hydrogen) atoms. The number of carbonyl (C=O) groups is 1. The van der Waals surface area contributed by atoms with Crippen LogP contribution in [0.15, 0.2) is 35.8 Å². The molecule has 1 N–H and O–H groups in total. The molecule has 5 nitrogen and oxygen atoms in total. The zero-order valence-corrected chi connectivity index (χ0v) is 15.7. The summed E-state index contributed by atoms with van der Waals surface area (Å²) < 4.78 is 7.19. The van der Waals surface area contributed by atoms with Crippen molar-refractivity contribution in [1.29, 1.82) is 0 Å². The van der Waals surface area contributed by atoms with E-state index in [4.69, 9.17) is 4.74 Å². The van der Waals surface area contributed by atoms with Crippen molar-refractivity contribution in [3.05, 3.63) is 41.5 Å². The van der Waals surface area contributed by atoms with Crippen molar-refractivity contribution in [3.63, 3.8) is 0 Å². The number of amides is 1. The van der Waals surface area contributed by atoms with Crippen LogP contribution in [0.3, 0.4) is 0 Å². The highest BCUT2D eigenvalue weighted by molar-refractivity contribution is 7.15. The predicted octanol–water partition coefficient (Wildman–Crippen LogP) is 4.52. The highest BCUT2D eigenvalue weighted by atomic mass is 32.1. The zero-order valence-electron chi connectivity index (χ0n) is 14.9. The van der Waals surface area contributed by atoms with Crippen molar-refractivity contribution in [3.8, 4) is 17.0 Å². The molecule has 1 aliphatic rings. The number of carbonyl (C=O) groups excluding carboxylic acids is 1. The molecule has 1 aromatic carbocycles. The van der Waals surface area contributed by atoms with Gasteiger partial charge in [-0.15, -0.1) is 11.3 Å². The molecule has 0 radical (unpaired) electrons. The first-order chi connectivity index (χ1) is 12.7. The van der Waals surface area contributed by atoms with E-state index in [0.29, 0.717) is 11.7 Å². The summed E-state index contributed by atoms with van der Waals surface area (Å²) in [5.74, 6) is 0.794. The Morgan fingerprint density at radius 2 is 2.08 bits per heavy atom. The third-order valence-corrected chi connectivity index (χ3v) is 5.84. The van der Waals surface area contributed by atoms with E-state index in [1.165, 1.54) is 37.0 Å². The lowest BCUT2D eigenvalue weighted by molar-refractivity contribution is 0.0927. The van der Waals surface area contributed by atoms with Crippen LogP contribution in [-0.4, -0.2) is 28.4 Å². The van der Waals surface area contributed by atoms with Gasteiger partial charge in [0, 0.05) is 23.2 Å². The SMILES string of the molecule is COc1cccc(-c2cn3c(C(=O)NC4CCCCCC4)csc3n2)c1. The monoisotopic (exact) mass is 369 g/mol. The van der Waals surface area contributed by atoms with E-state index in [2.05, 4.69) is 10.3 Å². The molecule has 2 aromatic heterocycles. The van der Waals surface area contributed by atoms with Gasteiger partial charge in [0.15, 0.2) is 4.96 Å². The van der Waals surface area contributed by atoms with E-state index in [1.54, 1.807) is 7.11 Å². The molecule has 6 heteroatoms. The van der Waals surface area contributed by atoms with Crippen molar-refractivity contribution in [2.45, 2.75) is 44.6 Å². The number of methoxy groups -OCH3 is 1. The van der Waals surface area contributed by atoms with Gasteiger partial charge < -0.3 is 10.1 Å². The van der Waals surface area contributed by atoms with Crippen LogP contribution in [0.25, 0.3) is 16.2 Å². The highest BCUT2D eigenvalue weighted by Gasteiger charge is 2.19. The average Bonchev–Trinajstić information content (AvgIpc) is 3.15. The molecule has 1 amide bonds. The maximum atomic E-state index is 12.8. The number of thiazole rings is 1. The van der Waals surface area contributed by atoms with Gasteiger partial charge >= 0.3 is 0 Å². The minimum absolute atomic E-state index is 0.00209. The van der Waals surface area contributed by atoms with Crippen molar-refractivity contribution >= 4 is 22.2 Å². The molecule has 2 heterocycles. The number of nitrogens with zero attached hydrogens (tertiary/aromatic N) is 2. The molecule has 0 atom stereocenters. The van der Waals surface area contributed by atoms with Gasteiger partial charge in [-0.05, 0) is 25.0 Å². The van der Waals surface area contributed by atoms with Crippen LogP contribution in [0.2, 0.25) is 0 Å². The lowest BCUT2D eigenvalue weighted by Crippen LogP contribution is -2.34. The fourth-order valence-electron chi connectivity index (χ4n) is 3.55. The number of aromatic nitrogens is 2. The van der Waals surface area contributed by atoms with Crippen molar-refractivity contribution in [2.24, 2.45) is 0 Å². The summed E-state index contributed by atoms with van der Waals surface area (Å²) >= 11 is 1.49. The molecule has 0 unspecified atom stereocenters. The van der Waals surface area contributed by atoms with Gasteiger partial charge in [0.1, 0.15) is 11.4 Å². The van der Waals surface area contributed by atoms with Crippen LogP contribution in [0.5, 0.6) is 5.75 Å². The van der Waals surface area contributed by atoms with Gasteiger partial charge in [-0.2, -0.15) is 0 Å². The quantitative estimate of drug-likeness (QED) is 0.688. The van der Waals surface area contributed by atoms with Gasteiger partial charge in [0.2, 0.25) is 0 Å². The molecular weight excluding hydrogens is 346 g/mol. The van der Waals surface area contributed by atoms with Crippen LogP contribution in [0, 0.1) is 0 Å². The molecule has 0 spiro atoms. The number of fused-ring (bicyclic) bond motifs is 1. The molecule has 0 aliphatic heterocycles. The smallest absolute Gasteiger partial charge is 0.269 e. The van der Waals surface area contributed by atoms with Crippen LogP contribution in [-0.2, 0) is 0 Å². The third-order valence-electron chi connectivity index (χ3n) is 5.00. The molecule has 1 saturated carbocycles. The number of imidazole rings is 1. The largest absolute Gasteiger partial charge is 0.497 e. The summed E-state index contributed by atoms with van der Waals surface area (Å²) in [5.41, 5.74) is 2.49. The maximum Gasteiger partial charge on any atom is 0.269 e. The summed E-state index contributed by atoms with van der Waals surface area (Å²) in [6.07, 6.45) is 9.06. The number of ether oxygens (including phenoxy) is 1. The predicted molar refractivity (Wildman–Crippen MR) is 104 cm³/mol. The Kier molecular flexibility index (Phi) is 4.93. The Morgan fingerprint density at radius 3 is 2.85 bits per heavy atom. The van der Waals surface area contributed by atoms with E-state index < -0.39 is 0 Å². The Labute approximate surface area is 157 Å². The Balaban J connectivity index is 1.58. The van der Waals surface area contributed by atoms with E-state index in [0.717, 1.165) is 34.8 Å². The van der Waals surface area contributed by atoms with Crippen molar-refractivity contribution < 1.29 is 9.53 Å². The normalized spacial score (nSPS) is 15.7. The van der Waals surface area contributed by atoms with E-state index >= 15 is 0 Å². The lowest BCUT2D eigenvalue weighted by Gasteiger charge is -2.15. The molecule has 0 saturated heterocycles. The summed E-state index contributed by atoms with van der Waals surface area (Å²) in [5, 5.41) is 5.11. The number of benzene rings is 1. The van der Waals surface area contributed by atoms with Gasteiger partial charge in [-0.3, -0.25) is 9.20 Å². The second-order valence-corrected chi connectivity index (χ2v) is 7.63. The van der Waals surface area contributed by atoms with Gasteiger partial charge in [0.25, 0.3) is 5.91 Å². The van der Waals surface area contributed by atoms with Gasteiger partial charge in [-0.25, -0.2) is 4.98 Å². The molecule has 4 rings (SSSR count). The third kappa shape index (κ3) is 3.46. The van der Waals surface area contributed by atoms with E-state index in [-0.39, 0.29) is 5.91 Å². The number of nitrogens with one attached hydrogen (secondary N) is 1. The minimum Gasteiger partial charge on any atom is -0.497 e. The average molecular weight is 369 g/mol. The fourth-order valence-corrected chi connectivity index (χ4v) is 4.41. The summed E-state index contributed by atoms with van der Waals surface area (Å²) in [6.45, 7) is 0. The van der Waals surface area contributed by atoms with E-state index in [9.17, 15) is 4.79 Å². The molecule has 1 fully saturated rings. The standard InChI is InChI=1S/C20H23N3O2S/c1-25-16-10-6-7-14(11-16)17-12-23-18(13-26-20(23)22-17)19(24)21-15-8-4-2-3-5-9-15/h6-7,10-13,15H,2-5,8-9H2,1H3,(H,21,24). The first-order valence-corrected chi connectivity index (χ1v) is 10.0. The molecule has 3 aromatic rings. The fraction of sp³-hybridized carbons (Fsp3) is 0.400. The molecule has 1 aliphatic carbocycles. The summed E-state index contributed by atoms with van der Waals surface area (Å²) in [4.78, 5) is 18.3. The van der Waals surface area contributed by atoms with E-state index in [1.807, 2.05) is 40.2 Å². The summed E-state index contributed by atoms with van der Waals surface area (Å²) in [6, 6.07) is 8.11. The zero-order chi connectivity index (χ0) is 17.9. The maximum absolute atomic E-state index is 12.8. The minimum atomic E-state index is -0.00209. The first kappa shape index (κ1) is 17.1. The number of hydrogen-bond donors (Lipinski definition) is 1. The molecular formula is C20H23N3O2S. The van der Waals surface area contributed by atoms with Crippen LogP contribution < -0.4 is 10.1 Å². The Bertz CT molecular complexity index is 907. The lowest BCUT2D eigenvalue weighted by atomic mass is 10.1. The topological polar surface area (TPSA) is 55.6 Å². The Hall–Kier alpha value is -2.34. The van der Waals surface area contributed by atoms with Crippen LogP contribution >= 0.6 is 11.3 Å². The number of rotatable bonds is 4. The van der Waals surface area contributed by atoms with Gasteiger partial charge in [0.05, 0.1) is 12.8 Å². The summed E-state index contributed by atoms with van der Waals surface area (Å²) in [7, 11) is 1.65. The molecule has 0 bridgehead atoms. The van der Waals surface area contributed by atoms with Crippen molar-refractivity contribution in [2.75, 3.05) is 7.11 Å². The second-order valence-electron chi connectivity index (χ2n) is 6.79. The molecule has 136 valence electrons.